The fourth-order valence-corrected chi connectivity index (χ4v) is 2.95. The fraction of sp³-hybridized carbons (Fsp3) is 0.222. The Kier molecular flexibility index (Phi) is 7.46. The van der Waals surface area contributed by atoms with Crippen LogP contribution in [0.2, 0.25) is 0 Å². The molecule has 0 aliphatic rings. The van der Waals surface area contributed by atoms with E-state index in [-0.39, 0.29) is 11.8 Å². The molecule has 2 aromatic rings. The third-order valence-corrected chi connectivity index (χ3v) is 4.26. The molecular weight excluding hydrogens is 436 g/mol. The van der Waals surface area contributed by atoms with Crippen molar-refractivity contribution in [2.75, 3.05) is 10.6 Å². The zero-order chi connectivity index (χ0) is 17.4. The van der Waals surface area contributed by atoms with Gasteiger partial charge in [0.25, 0.3) is 0 Å². The molecule has 0 aliphatic carbocycles. The fourth-order valence-electron chi connectivity index (χ4n) is 2.15. The zero-order valence-electron chi connectivity index (χ0n) is 13.0. The number of nitrogens with one attached hydrogen (secondary N) is 2. The lowest BCUT2D eigenvalue weighted by Crippen LogP contribution is -2.13. The van der Waals surface area contributed by atoms with E-state index in [4.69, 9.17) is 0 Å². The summed E-state index contributed by atoms with van der Waals surface area (Å²) in [5.41, 5.74) is 1.53. The molecule has 4 nitrogen and oxygen atoms in total. The molecule has 0 fully saturated rings. The predicted molar refractivity (Wildman–Crippen MR) is 104 cm³/mol. The van der Waals surface area contributed by atoms with Gasteiger partial charge < -0.3 is 10.6 Å². The first-order chi connectivity index (χ1) is 11.5. The van der Waals surface area contributed by atoms with E-state index in [9.17, 15) is 9.59 Å². The van der Waals surface area contributed by atoms with Crippen LogP contribution in [0, 0.1) is 0 Å². The highest BCUT2D eigenvalue weighted by Gasteiger charge is 2.06. The Bertz CT molecular complexity index is 658. The van der Waals surface area contributed by atoms with Gasteiger partial charge in [0.1, 0.15) is 0 Å². The van der Waals surface area contributed by atoms with E-state index in [1.165, 1.54) is 0 Å². The van der Waals surface area contributed by atoms with E-state index < -0.39 is 0 Å². The summed E-state index contributed by atoms with van der Waals surface area (Å²) >= 11 is 6.73. The lowest BCUT2D eigenvalue weighted by molar-refractivity contribution is -0.118. The molecule has 2 amide bonds. The van der Waals surface area contributed by atoms with E-state index >= 15 is 0 Å². The van der Waals surface area contributed by atoms with E-state index in [2.05, 4.69) is 42.5 Å². The first-order valence-corrected chi connectivity index (χ1v) is 9.22. The smallest absolute Gasteiger partial charge is 0.224 e. The summed E-state index contributed by atoms with van der Waals surface area (Å²) in [4.78, 5) is 23.7. The van der Waals surface area contributed by atoms with Gasteiger partial charge in [0.2, 0.25) is 11.8 Å². The quantitative estimate of drug-likeness (QED) is 0.555. The van der Waals surface area contributed by atoms with Crippen molar-refractivity contribution in [1.82, 2.24) is 0 Å². The molecule has 2 aromatic carbocycles. The number of carbonyl (C=O) groups is 2. The van der Waals surface area contributed by atoms with Crippen molar-refractivity contribution in [3.05, 3.63) is 57.5 Å². The van der Waals surface area contributed by atoms with Gasteiger partial charge in [0, 0.05) is 33.2 Å². The molecule has 0 aromatic heterocycles. The van der Waals surface area contributed by atoms with Crippen molar-refractivity contribution < 1.29 is 9.59 Å². The maximum atomic E-state index is 11.9. The molecule has 0 atom stereocenters. The molecule has 0 bridgehead atoms. The summed E-state index contributed by atoms with van der Waals surface area (Å²) in [6, 6.07) is 14.9. The Balaban J connectivity index is 1.65. The average molecular weight is 454 g/mol. The minimum Gasteiger partial charge on any atom is -0.326 e. The third-order valence-electron chi connectivity index (χ3n) is 3.27. The van der Waals surface area contributed by atoms with Gasteiger partial charge in [0.15, 0.2) is 0 Å². The standard InChI is InChI=1S/C18H18Br2N2O2/c19-13-5-3-7-15(11-13)21-17(23)9-1-2-10-18(24)22-16-8-4-6-14(20)12-16/h3-8,11-12H,1-2,9-10H2,(H,21,23)(H,22,24). The average Bonchev–Trinajstić information content (AvgIpc) is 2.51. The maximum Gasteiger partial charge on any atom is 0.224 e. The molecule has 0 saturated heterocycles. The number of hydrogen-bond donors (Lipinski definition) is 2. The monoisotopic (exact) mass is 452 g/mol. The highest BCUT2D eigenvalue weighted by Crippen LogP contribution is 2.17. The zero-order valence-corrected chi connectivity index (χ0v) is 16.2. The summed E-state index contributed by atoms with van der Waals surface area (Å²) in [5, 5.41) is 5.68. The Morgan fingerprint density at radius 1 is 0.750 bits per heavy atom. The van der Waals surface area contributed by atoms with Crippen LogP contribution in [-0.2, 0) is 9.59 Å². The number of rotatable bonds is 7. The maximum absolute atomic E-state index is 11.9. The lowest BCUT2D eigenvalue weighted by atomic mass is 10.1. The van der Waals surface area contributed by atoms with Crippen molar-refractivity contribution in [3.63, 3.8) is 0 Å². The second kappa shape index (κ2) is 9.59. The molecule has 126 valence electrons. The number of halogens is 2. The van der Waals surface area contributed by atoms with Gasteiger partial charge in [0.05, 0.1) is 0 Å². The number of amides is 2. The Labute approximate surface area is 158 Å². The summed E-state index contributed by atoms with van der Waals surface area (Å²) in [7, 11) is 0. The van der Waals surface area contributed by atoms with Gasteiger partial charge in [-0.25, -0.2) is 0 Å². The normalized spacial score (nSPS) is 10.2. The van der Waals surface area contributed by atoms with Crippen LogP contribution in [0.15, 0.2) is 57.5 Å². The summed E-state index contributed by atoms with van der Waals surface area (Å²) in [5.74, 6) is -0.0824. The minimum atomic E-state index is -0.0412. The van der Waals surface area contributed by atoms with Crippen LogP contribution in [0.4, 0.5) is 11.4 Å². The van der Waals surface area contributed by atoms with Gasteiger partial charge in [-0.05, 0) is 49.2 Å². The van der Waals surface area contributed by atoms with Crippen LogP contribution in [0.1, 0.15) is 25.7 Å². The van der Waals surface area contributed by atoms with Gasteiger partial charge in [-0.2, -0.15) is 0 Å². The largest absolute Gasteiger partial charge is 0.326 e. The predicted octanol–water partition coefficient (Wildman–Crippen LogP) is 5.35. The van der Waals surface area contributed by atoms with Crippen molar-refractivity contribution in [2.45, 2.75) is 25.7 Å². The van der Waals surface area contributed by atoms with E-state index in [1.807, 2.05) is 48.5 Å². The third kappa shape index (κ3) is 6.84. The van der Waals surface area contributed by atoms with Crippen molar-refractivity contribution in [3.8, 4) is 0 Å². The van der Waals surface area contributed by atoms with E-state index in [0.717, 1.165) is 20.3 Å². The molecule has 2 N–H and O–H groups in total. The molecule has 6 heteroatoms. The molecule has 2 rings (SSSR count). The molecule has 0 saturated carbocycles. The van der Waals surface area contributed by atoms with Gasteiger partial charge >= 0.3 is 0 Å². The Hall–Kier alpha value is -1.66. The Morgan fingerprint density at radius 3 is 1.54 bits per heavy atom. The number of unbranched alkanes of at least 4 members (excludes halogenated alkanes) is 1. The molecule has 0 unspecified atom stereocenters. The first-order valence-electron chi connectivity index (χ1n) is 7.64. The molecule has 0 spiro atoms. The second-order valence-corrected chi connectivity index (χ2v) is 7.16. The van der Waals surface area contributed by atoms with Gasteiger partial charge in [-0.3, -0.25) is 9.59 Å². The summed E-state index contributed by atoms with van der Waals surface area (Å²) in [6.07, 6.45) is 2.14. The summed E-state index contributed by atoms with van der Waals surface area (Å²) < 4.78 is 1.84. The molecule has 0 heterocycles. The SMILES string of the molecule is O=C(CCCCC(=O)Nc1cccc(Br)c1)Nc1cccc(Br)c1. The van der Waals surface area contributed by atoms with Crippen LogP contribution in [0.5, 0.6) is 0 Å². The van der Waals surface area contributed by atoms with Crippen LogP contribution in [0.25, 0.3) is 0 Å². The number of benzene rings is 2. The van der Waals surface area contributed by atoms with Crippen molar-refractivity contribution in [1.29, 1.82) is 0 Å². The van der Waals surface area contributed by atoms with Crippen LogP contribution in [-0.4, -0.2) is 11.8 Å². The van der Waals surface area contributed by atoms with Crippen molar-refractivity contribution in [2.24, 2.45) is 0 Å². The number of hydrogen-bond acceptors (Lipinski definition) is 2. The van der Waals surface area contributed by atoms with Crippen LogP contribution in [0.3, 0.4) is 0 Å². The van der Waals surface area contributed by atoms with Crippen molar-refractivity contribution >= 4 is 55.0 Å². The second-order valence-electron chi connectivity index (χ2n) is 5.32. The van der Waals surface area contributed by atoms with Gasteiger partial charge in [-0.15, -0.1) is 0 Å². The highest BCUT2D eigenvalue weighted by atomic mass is 79.9. The lowest BCUT2D eigenvalue weighted by Gasteiger charge is -2.07. The first kappa shape index (κ1) is 18.7. The topological polar surface area (TPSA) is 58.2 Å². The molecular formula is C18H18Br2N2O2. The minimum absolute atomic E-state index is 0.0412. The Morgan fingerprint density at radius 2 is 1.17 bits per heavy atom. The molecule has 0 radical (unpaired) electrons. The molecule has 24 heavy (non-hydrogen) atoms. The van der Waals surface area contributed by atoms with E-state index in [1.54, 1.807) is 0 Å². The van der Waals surface area contributed by atoms with Crippen LogP contribution < -0.4 is 10.6 Å². The van der Waals surface area contributed by atoms with Gasteiger partial charge in [-0.1, -0.05) is 44.0 Å². The molecule has 0 aliphatic heterocycles. The number of anilines is 2. The van der Waals surface area contributed by atoms with Crippen LogP contribution >= 0.6 is 31.9 Å². The van der Waals surface area contributed by atoms with E-state index in [0.29, 0.717) is 25.7 Å². The highest BCUT2D eigenvalue weighted by molar-refractivity contribution is 9.10. The summed E-state index contributed by atoms with van der Waals surface area (Å²) in [6.45, 7) is 0. The number of carbonyl (C=O) groups excluding carboxylic acids is 2.